The first-order valence-corrected chi connectivity index (χ1v) is 13.6. The summed E-state index contributed by atoms with van der Waals surface area (Å²) in [5.41, 5.74) is 5.74. The molecule has 1 N–H and O–H groups in total. The lowest BCUT2D eigenvalue weighted by molar-refractivity contribution is -0.118. The van der Waals surface area contributed by atoms with Gasteiger partial charge in [-0.1, -0.05) is 91.2 Å². The number of thioether (sulfide) groups is 1. The minimum atomic E-state index is -0.199. The zero-order valence-corrected chi connectivity index (χ0v) is 22.0. The Hall–Kier alpha value is -3.65. The summed E-state index contributed by atoms with van der Waals surface area (Å²) in [7, 11) is 1.63. The van der Waals surface area contributed by atoms with Gasteiger partial charge in [-0.25, -0.2) is 5.43 Å². The number of hydrogen-bond donors (Lipinski definition) is 1. The molecule has 37 heavy (non-hydrogen) atoms. The molecule has 0 aliphatic heterocycles. The molecule has 0 spiro atoms. The van der Waals surface area contributed by atoms with Crippen molar-refractivity contribution in [3.05, 3.63) is 71.8 Å². The van der Waals surface area contributed by atoms with Gasteiger partial charge in [-0.3, -0.25) is 9.36 Å². The fourth-order valence-electron chi connectivity index (χ4n) is 4.86. The molecule has 1 aromatic heterocycles. The second-order valence-electron chi connectivity index (χ2n) is 9.32. The summed E-state index contributed by atoms with van der Waals surface area (Å²) < 4.78 is 7.75. The van der Waals surface area contributed by atoms with E-state index in [-0.39, 0.29) is 11.7 Å². The van der Waals surface area contributed by atoms with Crippen LogP contribution in [0.15, 0.2) is 70.9 Å². The number of carbonyl (C=O) groups excluding carboxylic acids is 1. The first-order chi connectivity index (χ1) is 18.1. The largest absolute Gasteiger partial charge is 0.496 e. The van der Waals surface area contributed by atoms with Gasteiger partial charge in [-0.2, -0.15) is 5.10 Å². The molecule has 0 radical (unpaired) electrons. The van der Waals surface area contributed by atoms with Crippen LogP contribution in [-0.4, -0.2) is 39.7 Å². The Kier molecular flexibility index (Phi) is 7.84. The van der Waals surface area contributed by atoms with Crippen molar-refractivity contribution < 1.29 is 9.53 Å². The van der Waals surface area contributed by atoms with Crippen LogP contribution in [0, 0.1) is 6.92 Å². The molecule has 4 aromatic rings. The Bertz CT molecular complexity index is 1410. The third-order valence-electron chi connectivity index (χ3n) is 6.78. The average molecular weight is 514 g/mol. The average Bonchev–Trinajstić information content (AvgIpc) is 3.37. The molecule has 1 saturated carbocycles. The van der Waals surface area contributed by atoms with Gasteiger partial charge in [0.05, 0.1) is 19.1 Å². The van der Waals surface area contributed by atoms with E-state index < -0.39 is 0 Å². The molecule has 0 saturated heterocycles. The van der Waals surface area contributed by atoms with E-state index in [1.165, 1.54) is 36.6 Å². The van der Waals surface area contributed by atoms with Gasteiger partial charge in [-0.05, 0) is 36.6 Å². The van der Waals surface area contributed by atoms with Gasteiger partial charge < -0.3 is 4.74 Å². The monoisotopic (exact) mass is 513 g/mol. The lowest BCUT2D eigenvalue weighted by atomic mass is 9.95. The van der Waals surface area contributed by atoms with Crippen LogP contribution in [0.3, 0.4) is 0 Å². The van der Waals surface area contributed by atoms with Crippen molar-refractivity contribution in [1.82, 2.24) is 20.2 Å². The van der Waals surface area contributed by atoms with Gasteiger partial charge in [-0.15, -0.1) is 10.2 Å². The van der Waals surface area contributed by atoms with Crippen molar-refractivity contribution in [2.24, 2.45) is 5.10 Å². The molecule has 3 aromatic carbocycles. The van der Waals surface area contributed by atoms with Crippen LogP contribution in [0.25, 0.3) is 22.2 Å². The van der Waals surface area contributed by atoms with Crippen LogP contribution in [0.5, 0.6) is 5.75 Å². The van der Waals surface area contributed by atoms with E-state index in [1.54, 1.807) is 13.3 Å². The summed E-state index contributed by atoms with van der Waals surface area (Å²) in [6, 6.07) is 20.7. The molecule has 8 heteroatoms. The third-order valence-corrected chi connectivity index (χ3v) is 7.72. The van der Waals surface area contributed by atoms with Gasteiger partial charge in [0.25, 0.3) is 5.91 Å². The number of fused-ring (bicyclic) bond motifs is 1. The molecular weight excluding hydrogens is 482 g/mol. The molecule has 1 heterocycles. The quantitative estimate of drug-likeness (QED) is 0.173. The number of rotatable bonds is 8. The van der Waals surface area contributed by atoms with E-state index in [0.29, 0.717) is 11.8 Å². The second-order valence-corrected chi connectivity index (χ2v) is 10.3. The summed E-state index contributed by atoms with van der Waals surface area (Å²) in [6.07, 6.45) is 7.52. The van der Waals surface area contributed by atoms with Crippen LogP contribution in [0.1, 0.15) is 49.3 Å². The Morgan fingerprint density at radius 2 is 1.86 bits per heavy atom. The Morgan fingerprint density at radius 3 is 2.65 bits per heavy atom. The molecular formula is C29H31N5O2S. The maximum absolute atomic E-state index is 12.7. The number of ether oxygens (including phenoxy) is 1. The summed E-state index contributed by atoms with van der Waals surface area (Å²) in [5, 5.41) is 16.1. The lowest BCUT2D eigenvalue weighted by Crippen LogP contribution is -2.21. The molecule has 7 nitrogen and oxygen atoms in total. The van der Waals surface area contributed by atoms with E-state index >= 15 is 0 Å². The van der Waals surface area contributed by atoms with Crippen molar-refractivity contribution in [1.29, 1.82) is 0 Å². The van der Waals surface area contributed by atoms with E-state index in [4.69, 9.17) is 4.74 Å². The lowest BCUT2D eigenvalue weighted by Gasteiger charge is -2.25. The van der Waals surface area contributed by atoms with Gasteiger partial charge >= 0.3 is 0 Å². The SMILES string of the molecule is COc1ccc2ccccc2c1/C=N\NC(=O)CSc1nnc(-c2ccc(C)cc2)n1C1CCCCC1. The van der Waals surface area contributed by atoms with Crippen molar-refractivity contribution in [2.45, 2.75) is 50.2 Å². The number of aryl methyl sites for hydroxylation is 1. The smallest absolute Gasteiger partial charge is 0.250 e. The number of aromatic nitrogens is 3. The molecule has 190 valence electrons. The predicted molar refractivity (Wildman–Crippen MR) is 149 cm³/mol. The fraction of sp³-hybridized carbons (Fsp3) is 0.310. The number of nitrogens with zero attached hydrogens (tertiary/aromatic N) is 4. The van der Waals surface area contributed by atoms with Crippen molar-refractivity contribution in [3.8, 4) is 17.1 Å². The van der Waals surface area contributed by atoms with Crippen LogP contribution in [0.2, 0.25) is 0 Å². The van der Waals surface area contributed by atoms with E-state index in [0.717, 1.165) is 45.7 Å². The van der Waals surface area contributed by atoms with Crippen LogP contribution < -0.4 is 10.2 Å². The highest BCUT2D eigenvalue weighted by Gasteiger charge is 2.24. The first kappa shape index (κ1) is 25.0. The minimum absolute atomic E-state index is 0.197. The van der Waals surface area contributed by atoms with Crippen LogP contribution >= 0.6 is 11.8 Å². The highest BCUT2D eigenvalue weighted by molar-refractivity contribution is 7.99. The molecule has 1 aliphatic carbocycles. The maximum atomic E-state index is 12.7. The molecule has 0 unspecified atom stereocenters. The standard InChI is InChI=1S/C29H31N5O2S/c1-20-12-14-22(15-13-20)28-32-33-29(34(28)23-9-4-3-5-10-23)37-19-27(35)31-30-18-25-24-11-7-6-8-21(24)16-17-26(25)36-2/h6-8,11-18,23H,3-5,9-10,19H2,1-2H3,(H,31,35)/b30-18-. The summed E-state index contributed by atoms with van der Waals surface area (Å²) >= 11 is 1.40. The van der Waals surface area contributed by atoms with Gasteiger partial charge in [0.1, 0.15) is 5.75 Å². The Labute approximate surface area is 221 Å². The number of benzene rings is 3. The van der Waals surface area contributed by atoms with Crippen molar-refractivity contribution in [3.63, 3.8) is 0 Å². The second kappa shape index (κ2) is 11.6. The van der Waals surface area contributed by atoms with E-state index in [9.17, 15) is 4.79 Å². The number of nitrogens with one attached hydrogen (secondary N) is 1. The Balaban J connectivity index is 1.30. The molecule has 1 aliphatic rings. The van der Waals surface area contributed by atoms with Crippen LogP contribution in [0.4, 0.5) is 0 Å². The molecule has 5 rings (SSSR count). The predicted octanol–water partition coefficient (Wildman–Crippen LogP) is 6.16. The minimum Gasteiger partial charge on any atom is -0.496 e. The number of hydrazone groups is 1. The maximum Gasteiger partial charge on any atom is 0.250 e. The zero-order chi connectivity index (χ0) is 25.6. The van der Waals surface area contributed by atoms with Gasteiger partial charge in [0.15, 0.2) is 11.0 Å². The normalized spacial score (nSPS) is 14.3. The molecule has 1 fully saturated rings. The van der Waals surface area contributed by atoms with Gasteiger partial charge in [0.2, 0.25) is 0 Å². The number of hydrogen-bond acceptors (Lipinski definition) is 6. The summed E-state index contributed by atoms with van der Waals surface area (Å²) in [6.45, 7) is 2.08. The number of carbonyl (C=O) groups is 1. The first-order valence-electron chi connectivity index (χ1n) is 12.7. The molecule has 0 bridgehead atoms. The summed E-state index contributed by atoms with van der Waals surface area (Å²) in [4.78, 5) is 12.7. The van der Waals surface area contributed by atoms with Crippen LogP contribution in [-0.2, 0) is 4.79 Å². The highest BCUT2D eigenvalue weighted by Crippen LogP contribution is 2.35. The Morgan fingerprint density at radius 1 is 1.08 bits per heavy atom. The number of methoxy groups -OCH3 is 1. The topological polar surface area (TPSA) is 81.4 Å². The highest BCUT2D eigenvalue weighted by atomic mass is 32.2. The van der Waals surface area contributed by atoms with Gasteiger partial charge in [0, 0.05) is 17.2 Å². The third kappa shape index (κ3) is 5.69. The summed E-state index contributed by atoms with van der Waals surface area (Å²) in [5.74, 6) is 1.57. The van der Waals surface area contributed by atoms with E-state index in [2.05, 4.69) is 56.5 Å². The fourth-order valence-corrected chi connectivity index (χ4v) is 5.66. The molecule has 0 atom stereocenters. The van der Waals surface area contributed by atoms with Crippen molar-refractivity contribution in [2.75, 3.05) is 12.9 Å². The zero-order valence-electron chi connectivity index (χ0n) is 21.2. The van der Waals surface area contributed by atoms with E-state index in [1.807, 2.05) is 36.4 Å². The molecule has 1 amide bonds. The van der Waals surface area contributed by atoms with Crippen molar-refractivity contribution >= 4 is 34.7 Å². The number of amides is 1.